The first-order valence-corrected chi connectivity index (χ1v) is 60.1. The molecule has 0 aliphatic carbocycles. The smallest absolute Gasteiger partial charge is 0.746 e. The van der Waals surface area contributed by atoms with E-state index in [2.05, 4.69) is 27.7 Å². The molecule has 0 heterocycles. The number of phosphoric ester groups is 6. The zero-order valence-electron chi connectivity index (χ0n) is 100. The molecule has 0 aliphatic rings. The summed E-state index contributed by atoms with van der Waals surface area (Å²) in [6, 6.07) is 23.8. The fraction of sp³-hybridized carbons (Fsp3) is 0.684. The molecule has 0 amide bonds. The van der Waals surface area contributed by atoms with Crippen LogP contribution in [0, 0.1) is 41.5 Å². The third kappa shape index (κ3) is 54.7. The van der Waals surface area contributed by atoms with Gasteiger partial charge < -0.3 is 83.6 Å². The van der Waals surface area contributed by atoms with Crippen molar-refractivity contribution in [1.82, 2.24) is 0 Å². The fourth-order valence-corrected chi connectivity index (χ4v) is 19.4. The Balaban J connectivity index is -0.000000807. The van der Waals surface area contributed by atoms with Gasteiger partial charge in [0.1, 0.15) is 34.5 Å². The third-order valence-electron chi connectivity index (χ3n) is 22.0. The van der Waals surface area contributed by atoms with Crippen LogP contribution in [0.1, 0.15) is 470 Å². The Morgan fingerprint density at radius 3 is 0.308 bits per heavy atom. The molecule has 6 rings (SSSR count). The van der Waals surface area contributed by atoms with Crippen LogP contribution < -0.4 is 56.5 Å². The number of unbranched alkanes of at least 4 members (excludes halogenated alkanes) is 6. The number of hydrogen-bond donors (Lipinski definition) is 0. The van der Waals surface area contributed by atoms with Gasteiger partial charge >= 0.3 is 112 Å². The molecular weight excluding hydrogens is 2120 g/mol. The van der Waals surface area contributed by atoms with Crippen molar-refractivity contribution < 1.29 is 176 Å². The maximum Gasteiger partial charge on any atom is 3.00 e. The molecule has 0 bridgehead atoms. The molecule has 146 heavy (non-hydrogen) atoms. The Kier molecular flexibility index (Phi) is 62.7. The summed E-state index contributed by atoms with van der Waals surface area (Å²) >= 11 is 0. The molecular formula is C114H196O24P6Y2. The number of phosphoric acid groups is 6. The van der Waals surface area contributed by atoms with Gasteiger partial charge in [-0.05, 0) is 148 Å². The third-order valence-corrected chi connectivity index (χ3v) is 27.8. The van der Waals surface area contributed by atoms with Gasteiger partial charge in [-0.1, -0.05) is 434 Å². The van der Waals surface area contributed by atoms with Crippen LogP contribution in [-0.2, 0) is 185 Å². The molecule has 0 spiro atoms. The van der Waals surface area contributed by atoms with Gasteiger partial charge in [-0.2, -0.15) is 0 Å². The second-order valence-corrected chi connectivity index (χ2v) is 57.3. The quantitative estimate of drug-likeness (QED) is 0.0298. The van der Waals surface area contributed by atoms with E-state index in [-0.39, 0.29) is 170 Å². The summed E-state index contributed by atoms with van der Waals surface area (Å²) in [6.45, 7) is 104. The van der Waals surface area contributed by atoms with Crippen LogP contribution in [0.25, 0.3) is 0 Å². The molecule has 6 atom stereocenters. The summed E-state index contributed by atoms with van der Waals surface area (Å²) in [5, 5.41) is 0. The molecule has 0 aliphatic heterocycles. The Labute approximate surface area is 938 Å². The van der Waals surface area contributed by atoms with Crippen LogP contribution in [-0.4, -0.2) is 39.6 Å². The monoisotopic (exact) mass is 2310 g/mol. The van der Waals surface area contributed by atoms with Gasteiger partial charge in [0.15, 0.2) is 0 Å². The van der Waals surface area contributed by atoms with E-state index in [0.717, 1.165) is 100 Å². The summed E-state index contributed by atoms with van der Waals surface area (Å²) in [6.07, 6.45) is 11.1. The molecule has 0 N–H and O–H groups in total. The van der Waals surface area contributed by atoms with Gasteiger partial charge in [0.05, 0.1) is 39.6 Å². The average Bonchev–Trinajstić information content (AvgIpc) is 0.795. The molecule has 832 valence electrons. The first kappa shape index (κ1) is 149. The minimum absolute atomic E-state index is 0. The van der Waals surface area contributed by atoms with Gasteiger partial charge in [-0.25, -0.2) is 0 Å². The van der Waals surface area contributed by atoms with Gasteiger partial charge in [0.2, 0.25) is 0 Å². The van der Waals surface area contributed by atoms with Gasteiger partial charge in [-0.3, -0.25) is 27.4 Å². The van der Waals surface area contributed by atoms with Crippen molar-refractivity contribution in [2.24, 2.45) is 0 Å². The molecule has 0 fully saturated rings. The van der Waals surface area contributed by atoms with Crippen LogP contribution >= 0.6 is 46.9 Å². The standard InChI is InChI=1S/6C17H29O4P.2C6H14.2Y/c6*1-9-20-22(18,19)21-15-13(16(3,4)5)10-12(2)11-14(15)17(6,7)8;2*1-3-5-6-4-2;;/h6*10-11H,9H2,1-8H3,(H,18,19);2*3-6H2,1-2H3;;/q;;;;;;;;2*+3/p-6. The number of aryl methyl sites for hydroxylation is 6. The Morgan fingerprint density at radius 1 is 0.178 bits per heavy atom. The summed E-state index contributed by atoms with van der Waals surface area (Å²) in [4.78, 5) is 72.2. The zero-order chi connectivity index (χ0) is 114. The topological polar surface area (TPSA) is 352 Å². The van der Waals surface area contributed by atoms with Crippen LogP contribution in [0.2, 0.25) is 0 Å². The normalized spacial score (nSPS) is 14.8. The maximum atomic E-state index is 12.0. The Hall–Kier alpha value is -2.77. The first-order chi connectivity index (χ1) is 64.5. The van der Waals surface area contributed by atoms with E-state index in [1.54, 1.807) is 41.5 Å². The summed E-state index contributed by atoms with van der Waals surface area (Å²) < 4.78 is 133. The Morgan fingerprint density at radius 2 is 0.253 bits per heavy atom. The van der Waals surface area contributed by atoms with E-state index >= 15 is 0 Å². The molecule has 0 aromatic heterocycles. The molecule has 6 unspecified atom stereocenters. The minimum Gasteiger partial charge on any atom is -0.746 e. The summed E-state index contributed by atoms with van der Waals surface area (Å²) in [5.74, 6) is 2.40. The average molecular weight is 2310 g/mol. The van der Waals surface area contributed by atoms with Crippen LogP contribution in [0.3, 0.4) is 0 Å². The first-order valence-electron chi connectivity index (χ1n) is 51.3. The van der Waals surface area contributed by atoms with Crippen LogP contribution in [0.5, 0.6) is 34.5 Å². The maximum absolute atomic E-state index is 12.0. The Bertz CT molecular complexity index is 4240. The molecule has 6 aromatic carbocycles. The number of hydrogen-bond acceptors (Lipinski definition) is 24. The zero-order valence-corrected chi connectivity index (χ0v) is 112. The molecule has 0 radical (unpaired) electrons. The van der Waals surface area contributed by atoms with E-state index in [9.17, 15) is 56.8 Å². The SMILES string of the molecule is CCCCCC.CCCCCC.CCOP(=O)([O-])Oc1c(C(C)(C)C)cc(C)cc1C(C)(C)C.CCOP(=O)([O-])Oc1c(C(C)(C)C)cc(C)cc1C(C)(C)C.CCOP(=O)([O-])Oc1c(C(C)(C)C)cc(C)cc1C(C)(C)C.CCOP(=O)([O-])Oc1c(C(C)(C)C)cc(C)cc1C(C)(C)C.CCOP(=O)([O-])Oc1c(C(C)(C)C)cc(C)cc1C(C)(C)C.CCOP(=O)([O-])Oc1c(C(C)(C)C)cc(C)cc1C(C)(C)C.[Y+3].[Y+3]. The van der Waals surface area contributed by atoms with E-state index in [1.165, 1.54) is 51.4 Å². The predicted octanol–water partition coefficient (Wildman–Crippen LogP) is 32.0. The van der Waals surface area contributed by atoms with Crippen LogP contribution in [0.4, 0.5) is 0 Å². The van der Waals surface area contributed by atoms with E-state index < -0.39 is 46.9 Å². The fourth-order valence-electron chi connectivity index (χ4n) is 14.7. The van der Waals surface area contributed by atoms with Crippen molar-refractivity contribution in [2.75, 3.05) is 39.6 Å². The number of benzene rings is 6. The molecule has 32 heteroatoms. The molecule has 0 saturated heterocycles. The molecule has 24 nitrogen and oxygen atoms in total. The van der Waals surface area contributed by atoms with Crippen molar-refractivity contribution in [3.63, 3.8) is 0 Å². The van der Waals surface area contributed by atoms with Crippen molar-refractivity contribution >= 4 is 46.9 Å². The van der Waals surface area contributed by atoms with Crippen molar-refractivity contribution in [3.8, 4) is 34.5 Å². The second-order valence-electron chi connectivity index (χ2n) is 49.3. The molecule has 6 aromatic rings. The minimum atomic E-state index is -4.37. The van der Waals surface area contributed by atoms with E-state index in [1.807, 2.05) is 364 Å². The van der Waals surface area contributed by atoms with Crippen molar-refractivity contribution in [1.29, 1.82) is 0 Å². The summed E-state index contributed by atoms with van der Waals surface area (Å²) in [7, 11) is -26.2. The molecule has 0 saturated carbocycles. The summed E-state index contributed by atoms with van der Waals surface area (Å²) in [5.41, 5.74) is 14.0. The van der Waals surface area contributed by atoms with Gasteiger partial charge in [0.25, 0.3) is 0 Å². The van der Waals surface area contributed by atoms with E-state index in [4.69, 9.17) is 54.3 Å². The van der Waals surface area contributed by atoms with Crippen molar-refractivity contribution in [3.05, 3.63) is 173 Å². The predicted molar refractivity (Wildman–Crippen MR) is 590 cm³/mol. The van der Waals surface area contributed by atoms with Gasteiger partial charge in [0, 0.05) is 66.8 Å². The van der Waals surface area contributed by atoms with E-state index in [0.29, 0.717) is 34.5 Å². The largest absolute Gasteiger partial charge is 3.00 e. The van der Waals surface area contributed by atoms with Crippen LogP contribution in [0.15, 0.2) is 72.8 Å². The van der Waals surface area contributed by atoms with Crippen molar-refractivity contribution in [2.45, 2.75) is 476 Å². The second kappa shape index (κ2) is 61.2. The number of rotatable bonds is 30. The van der Waals surface area contributed by atoms with Gasteiger partial charge in [-0.15, -0.1) is 0 Å².